The molecule has 0 amide bonds. The predicted octanol–water partition coefficient (Wildman–Crippen LogP) is 3.11. The fourth-order valence-corrected chi connectivity index (χ4v) is 1.88. The van der Waals surface area contributed by atoms with Crippen LogP contribution in [-0.4, -0.2) is 20.7 Å². The SMILES string of the molecule is CN(C)c1cccc(OCC(N)c2ccc(F)c(F)c2)c1. The number of nitrogens with two attached hydrogens (primary N) is 1. The highest BCUT2D eigenvalue weighted by atomic mass is 19.2. The largest absolute Gasteiger partial charge is 0.492 e. The van der Waals surface area contributed by atoms with E-state index in [4.69, 9.17) is 10.5 Å². The Labute approximate surface area is 122 Å². The van der Waals surface area contributed by atoms with Gasteiger partial charge in [-0.15, -0.1) is 0 Å². The summed E-state index contributed by atoms with van der Waals surface area (Å²) in [6.07, 6.45) is 0. The van der Waals surface area contributed by atoms with Crippen LogP contribution in [0.5, 0.6) is 5.75 Å². The van der Waals surface area contributed by atoms with Crippen molar-refractivity contribution < 1.29 is 13.5 Å². The molecule has 2 N–H and O–H groups in total. The summed E-state index contributed by atoms with van der Waals surface area (Å²) in [5, 5.41) is 0. The molecule has 0 aliphatic heterocycles. The van der Waals surface area contributed by atoms with Crippen LogP contribution in [0.3, 0.4) is 0 Å². The fraction of sp³-hybridized carbons (Fsp3) is 0.250. The first kappa shape index (κ1) is 15.3. The molecule has 2 rings (SSSR count). The lowest BCUT2D eigenvalue weighted by Gasteiger charge is -2.16. The average Bonchev–Trinajstić information content (AvgIpc) is 2.48. The van der Waals surface area contributed by atoms with Gasteiger partial charge >= 0.3 is 0 Å². The van der Waals surface area contributed by atoms with Gasteiger partial charge in [0, 0.05) is 25.8 Å². The van der Waals surface area contributed by atoms with Crippen LogP contribution >= 0.6 is 0 Å². The summed E-state index contributed by atoms with van der Waals surface area (Å²) in [4.78, 5) is 1.96. The molecule has 112 valence electrons. The van der Waals surface area contributed by atoms with Gasteiger partial charge in [0.1, 0.15) is 12.4 Å². The van der Waals surface area contributed by atoms with Gasteiger partial charge in [0.2, 0.25) is 0 Å². The summed E-state index contributed by atoms with van der Waals surface area (Å²) in [5.41, 5.74) is 7.44. The topological polar surface area (TPSA) is 38.5 Å². The summed E-state index contributed by atoms with van der Waals surface area (Å²) in [7, 11) is 3.87. The molecule has 21 heavy (non-hydrogen) atoms. The second-order valence-electron chi connectivity index (χ2n) is 4.98. The maximum Gasteiger partial charge on any atom is 0.159 e. The third-order valence-corrected chi connectivity index (χ3v) is 3.14. The Morgan fingerprint density at radius 1 is 1.10 bits per heavy atom. The molecule has 1 atom stereocenters. The van der Waals surface area contributed by atoms with E-state index in [-0.39, 0.29) is 6.61 Å². The third kappa shape index (κ3) is 3.92. The van der Waals surface area contributed by atoms with E-state index < -0.39 is 17.7 Å². The summed E-state index contributed by atoms with van der Waals surface area (Å²) in [6, 6.07) is 10.7. The van der Waals surface area contributed by atoms with Gasteiger partial charge in [-0.1, -0.05) is 12.1 Å². The Hall–Kier alpha value is -2.14. The lowest BCUT2D eigenvalue weighted by molar-refractivity contribution is 0.290. The zero-order chi connectivity index (χ0) is 15.4. The highest BCUT2D eigenvalue weighted by molar-refractivity contribution is 5.49. The van der Waals surface area contributed by atoms with Crippen molar-refractivity contribution in [3.8, 4) is 5.75 Å². The third-order valence-electron chi connectivity index (χ3n) is 3.14. The Morgan fingerprint density at radius 2 is 1.86 bits per heavy atom. The summed E-state index contributed by atoms with van der Waals surface area (Å²) >= 11 is 0. The van der Waals surface area contributed by atoms with Gasteiger partial charge in [-0.25, -0.2) is 8.78 Å². The highest BCUT2D eigenvalue weighted by Gasteiger charge is 2.10. The molecule has 0 aromatic heterocycles. The van der Waals surface area contributed by atoms with E-state index in [0.29, 0.717) is 11.3 Å². The van der Waals surface area contributed by atoms with E-state index in [1.54, 1.807) is 0 Å². The smallest absolute Gasteiger partial charge is 0.159 e. The number of anilines is 1. The van der Waals surface area contributed by atoms with Gasteiger partial charge in [-0.2, -0.15) is 0 Å². The minimum absolute atomic E-state index is 0.182. The lowest BCUT2D eigenvalue weighted by atomic mass is 10.1. The van der Waals surface area contributed by atoms with Gasteiger partial charge in [0.05, 0.1) is 6.04 Å². The number of hydrogen-bond acceptors (Lipinski definition) is 3. The van der Waals surface area contributed by atoms with E-state index in [1.165, 1.54) is 6.07 Å². The predicted molar refractivity (Wildman–Crippen MR) is 79.6 cm³/mol. The van der Waals surface area contributed by atoms with Gasteiger partial charge in [0.15, 0.2) is 11.6 Å². The molecule has 0 bridgehead atoms. The fourth-order valence-electron chi connectivity index (χ4n) is 1.88. The van der Waals surface area contributed by atoms with Crippen molar-refractivity contribution in [3.63, 3.8) is 0 Å². The van der Waals surface area contributed by atoms with Gasteiger partial charge in [0.25, 0.3) is 0 Å². The lowest BCUT2D eigenvalue weighted by Crippen LogP contribution is -2.19. The van der Waals surface area contributed by atoms with Crippen molar-refractivity contribution >= 4 is 5.69 Å². The number of benzene rings is 2. The summed E-state index contributed by atoms with van der Waals surface area (Å²) in [5.74, 6) is -1.11. The van der Waals surface area contributed by atoms with Crippen LogP contribution in [0.15, 0.2) is 42.5 Å². The second-order valence-corrected chi connectivity index (χ2v) is 4.98. The molecule has 2 aromatic rings. The molecule has 0 radical (unpaired) electrons. The van der Waals surface area contributed by atoms with Crippen molar-refractivity contribution in [2.45, 2.75) is 6.04 Å². The first-order valence-electron chi connectivity index (χ1n) is 6.58. The minimum Gasteiger partial charge on any atom is -0.492 e. The second kappa shape index (κ2) is 6.54. The van der Waals surface area contributed by atoms with Crippen molar-refractivity contribution in [1.82, 2.24) is 0 Å². The van der Waals surface area contributed by atoms with E-state index in [1.807, 2.05) is 43.3 Å². The Morgan fingerprint density at radius 3 is 2.52 bits per heavy atom. The van der Waals surface area contributed by atoms with Crippen LogP contribution in [0.1, 0.15) is 11.6 Å². The molecule has 0 aliphatic carbocycles. The maximum atomic E-state index is 13.2. The highest BCUT2D eigenvalue weighted by Crippen LogP contribution is 2.21. The van der Waals surface area contributed by atoms with Gasteiger partial charge in [-0.05, 0) is 29.8 Å². The Bertz CT molecular complexity index is 617. The molecule has 0 aliphatic rings. The molecule has 5 heteroatoms. The molecular weight excluding hydrogens is 274 g/mol. The average molecular weight is 292 g/mol. The van der Waals surface area contributed by atoms with E-state index >= 15 is 0 Å². The summed E-state index contributed by atoms with van der Waals surface area (Å²) in [6.45, 7) is 0.182. The molecule has 0 saturated heterocycles. The molecule has 0 heterocycles. The zero-order valence-electron chi connectivity index (χ0n) is 12.0. The van der Waals surface area contributed by atoms with Gasteiger partial charge < -0.3 is 15.4 Å². The van der Waals surface area contributed by atoms with E-state index in [0.717, 1.165) is 17.8 Å². The van der Waals surface area contributed by atoms with Crippen LogP contribution in [0.25, 0.3) is 0 Å². The molecule has 0 fully saturated rings. The number of rotatable bonds is 5. The van der Waals surface area contributed by atoms with Crippen LogP contribution in [0.2, 0.25) is 0 Å². The van der Waals surface area contributed by atoms with Crippen LogP contribution in [0.4, 0.5) is 14.5 Å². The normalized spacial score (nSPS) is 12.0. The molecule has 0 saturated carbocycles. The van der Waals surface area contributed by atoms with E-state index in [9.17, 15) is 8.78 Å². The van der Waals surface area contributed by atoms with Crippen LogP contribution in [-0.2, 0) is 0 Å². The first-order valence-corrected chi connectivity index (χ1v) is 6.58. The molecule has 2 aromatic carbocycles. The summed E-state index contributed by atoms with van der Waals surface area (Å²) < 4.78 is 31.7. The molecule has 3 nitrogen and oxygen atoms in total. The number of ether oxygens (including phenoxy) is 1. The number of halogens is 2. The van der Waals surface area contributed by atoms with Gasteiger partial charge in [-0.3, -0.25) is 0 Å². The molecular formula is C16H18F2N2O. The van der Waals surface area contributed by atoms with Crippen LogP contribution < -0.4 is 15.4 Å². The van der Waals surface area contributed by atoms with E-state index in [2.05, 4.69) is 0 Å². The van der Waals surface area contributed by atoms with Crippen molar-refractivity contribution in [1.29, 1.82) is 0 Å². The monoisotopic (exact) mass is 292 g/mol. The zero-order valence-corrected chi connectivity index (χ0v) is 12.0. The van der Waals surface area contributed by atoms with Crippen molar-refractivity contribution in [3.05, 3.63) is 59.7 Å². The minimum atomic E-state index is -0.905. The molecule has 1 unspecified atom stereocenters. The quantitative estimate of drug-likeness (QED) is 0.920. The number of nitrogens with zero attached hydrogens (tertiary/aromatic N) is 1. The van der Waals surface area contributed by atoms with Crippen LogP contribution in [0, 0.1) is 11.6 Å². The standard InChI is InChI=1S/C16H18F2N2O/c1-20(2)12-4-3-5-13(9-12)21-10-16(19)11-6-7-14(17)15(18)8-11/h3-9,16H,10,19H2,1-2H3. The Balaban J connectivity index is 2.02. The first-order chi connectivity index (χ1) is 9.97. The van der Waals surface area contributed by atoms with Crippen molar-refractivity contribution in [2.24, 2.45) is 5.73 Å². The maximum absolute atomic E-state index is 13.2. The van der Waals surface area contributed by atoms with Crippen molar-refractivity contribution in [2.75, 3.05) is 25.6 Å². The molecule has 0 spiro atoms. The Kier molecular flexibility index (Phi) is 4.75. The number of hydrogen-bond donors (Lipinski definition) is 1.